The average Bonchev–Trinajstić information content (AvgIpc) is 2.53. The summed E-state index contributed by atoms with van der Waals surface area (Å²) in [7, 11) is 2.91. The van der Waals surface area contributed by atoms with Crippen LogP contribution in [0.1, 0.15) is 24.1 Å². The number of allylic oxidation sites excluding steroid dienone is 1. The number of hydrogen-bond donors (Lipinski definition) is 1. The normalized spacial score (nSPS) is 18.0. The standard InChI is InChI=1S/C17H22N2O4/c1-11-6-5-7-13(10-11)15-14(16(20)23-4)12(2)19(8-9-22-3)17(21)18-15/h5-7,10,15H,8-9H2,1-4H3,(H,18,21)/t15-/m1/s1. The van der Waals surface area contributed by atoms with Crippen LogP contribution in [-0.2, 0) is 14.3 Å². The number of nitrogens with zero attached hydrogens (tertiary/aromatic N) is 1. The molecule has 0 radical (unpaired) electrons. The van der Waals surface area contributed by atoms with Crippen molar-refractivity contribution in [3.63, 3.8) is 0 Å². The van der Waals surface area contributed by atoms with Gasteiger partial charge in [-0.2, -0.15) is 0 Å². The third-order valence-corrected chi connectivity index (χ3v) is 3.90. The van der Waals surface area contributed by atoms with Crippen molar-refractivity contribution in [2.45, 2.75) is 19.9 Å². The van der Waals surface area contributed by atoms with Crippen LogP contribution in [0.5, 0.6) is 0 Å². The summed E-state index contributed by atoms with van der Waals surface area (Å²) in [6.45, 7) is 4.47. The quantitative estimate of drug-likeness (QED) is 0.845. The predicted molar refractivity (Wildman–Crippen MR) is 85.7 cm³/mol. The summed E-state index contributed by atoms with van der Waals surface area (Å²) in [5.74, 6) is -0.448. The average molecular weight is 318 g/mol. The molecule has 1 aromatic rings. The summed E-state index contributed by atoms with van der Waals surface area (Å²) in [6, 6.07) is 6.93. The minimum atomic E-state index is -0.520. The van der Waals surface area contributed by atoms with Crippen LogP contribution >= 0.6 is 0 Å². The lowest BCUT2D eigenvalue weighted by atomic mass is 9.94. The smallest absolute Gasteiger partial charge is 0.337 e. The maximum absolute atomic E-state index is 12.4. The fourth-order valence-corrected chi connectivity index (χ4v) is 2.71. The fraction of sp³-hybridized carbons (Fsp3) is 0.412. The summed E-state index contributed by atoms with van der Waals surface area (Å²) in [5, 5.41) is 2.89. The number of carbonyl (C=O) groups is 2. The molecule has 2 amide bonds. The topological polar surface area (TPSA) is 67.9 Å². The summed E-state index contributed by atoms with van der Waals surface area (Å²) < 4.78 is 9.95. The molecule has 1 N–H and O–H groups in total. The van der Waals surface area contributed by atoms with Crippen LogP contribution in [0.4, 0.5) is 4.79 Å². The molecule has 0 saturated heterocycles. The number of ether oxygens (including phenoxy) is 2. The van der Waals surface area contributed by atoms with E-state index in [9.17, 15) is 9.59 Å². The van der Waals surface area contributed by atoms with E-state index in [-0.39, 0.29) is 6.03 Å². The monoisotopic (exact) mass is 318 g/mol. The van der Waals surface area contributed by atoms with Crippen LogP contribution in [0.2, 0.25) is 0 Å². The van der Waals surface area contributed by atoms with Crippen molar-refractivity contribution in [3.05, 3.63) is 46.7 Å². The summed E-state index contributed by atoms with van der Waals surface area (Å²) in [5.41, 5.74) is 2.93. The van der Waals surface area contributed by atoms with E-state index >= 15 is 0 Å². The number of amides is 2. The summed E-state index contributed by atoms with van der Waals surface area (Å²) in [4.78, 5) is 26.2. The van der Waals surface area contributed by atoms with E-state index in [0.717, 1.165) is 11.1 Å². The van der Waals surface area contributed by atoms with E-state index in [1.807, 2.05) is 31.2 Å². The predicted octanol–water partition coefficient (Wildman–Crippen LogP) is 2.15. The second kappa shape index (κ2) is 7.28. The van der Waals surface area contributed by atoms with Gasteiger partial charge in [-0.25, -0.2) is 9.59 Å². The number of urea groups is 1. The molecule has 6 nitrogen and oxygen atoms in total. The minimum absolute atomic E-state index is 0.251. The van der Waals surface area contributed by atoms with Gasteiger partial charge in [0.05, 0.1) is 31.9 Å². The van der Waals surface area contributed by atoms with E-state index in [1.165, 1.54) is 12.0 Å². The lowest BCUT2D eigenvalue weighted by Gasteiger charge is -2.35. The highest BCUT2D eigenvalue weighted by atomic mass is 16.5. The van der Waals surface area contributed by atoms with E-state index < -0.39 is 12.0 Å². The number of rotatable bonds is 5. The maximum atomic E-state index is 12.4. The van der Waals surface area contributed by atoms with Gasteiger partial charge in [0, 0.05) is 12.8 Å². The lowest BCUT2D eigenvalue weighted by Crippen LogP contribution is -2.48. The Bertz CT molecular complexity index is 639. The molecule has 0 aliphatic carbocycles. The molecule has 2 rings (SSSR count). The molecule has 124 valence electrons. The Balaban J connectivity index is 2.48. The number of aryl methyl sites for hydroxylation is 1. The van der Waals surface area contributed by atoms with Crippen molar-refractivity contribution in [3.8, 4) is 0 Å². The van der Waals surface area contributed by atoms with Gasteiger partial charge in [-0.3, -0.25) is 4.90 Å². The first-order chi connectivity index (χ1) is 11.0. The number of benzene rings is 1. The van der Waals surface area contributed by atoms with Crippen molar-refractivity contribution in [2.24, 2.45) is 0 Å². The van der Waals surface area contributed by atoms with Gasteiger partial charge in [-0.15, -0.1) is 0 Å². The zero-order valence-electron chi connectivity index (χ0n) is 13.9. The molecule has 0 spiro atoms. The Labute approximate surface area is 136 Å². The van der Waals surface area contributed by atoms with Gasteiger partial charge in [0.1, 0.15) is 0 Å². The van der Waals surface area contributed by atoms with E-state index in [0.29, 0.717) is 24.4 Å². The second-order valence-corrected chi connectivity index (χ2v) is 5.43. The van der Waals surface area contributed by atoms with Gasteiger partial charge < -0.3 is 14.8 Å². The van der Waals surface area contributed by atoms with Crippen molar-refractivity contribution >= 4 is 12.0 Å². The minimum Gasteiger partial charge on any atom is -0.466 e. The molecule has 0 saturated carbocycles. The Hall–Kier alpha value is -2.34. The van der Waals surface area contributed by atoms with Gasteiger partial charge >= 0.3 is 12.0 Å². The van der Waals surface area contributed by atoms with Crippen LogP contribution < -0.4 is 5.32 Å². The Morgan fingerprint density at radius 3 is 2.65 bits per heavy atom. The molecule has 0 aromatic heterocycles. The molecule has 6 heteroatoms. The van der Waals surface area contributed by atoms with Gasteiger partial charge in [0.25, 0.3) is 0 Å². The number of methoxy groups -OCH3 is 2. The number of esters is 1. The first-order valence-electron chi connectivity index (χ1n) is 7.42. The molecule has 1 aliphatic heterocycles. The third-order valence-electron chi connectivity index (χ3n) is 3.90. The van der Waals surface area contributed by atoms with E-state index in [4.69, 9.17) is 9.47 Å². The SMILES string of the molecule is COCCN1C(=O)N[C@H](c2cccc(C)c2)C(C(=O)OC)=C1C. The summed E-state index contributed by atoms with van der Waals surface area (Å²) >= 11 is 0. The van der Waals surface area contributed by atoms with Crippen LogP contribution in [-0.4, -0.2) is 44.3 Å². The zero-order chi connectivity index (χ0) is 17.0. The Morgan fingerprint density at radius 2 is 2.04 bits per heavy atom. The molecule has 1 aromatic carbocycles. The first kappa shape index (κ1) is 17.0. The number of carbonyl (C=O) groups excluding carboxylic acids is 2. The lowest BCUT2D eigenvalue weighted by molar-refractivity contribution is -0.136. The van der Waals surface area contributed by atoms with Crippen LogP contribution in [0.25, 0.3) is 0 Å². The molecule has 23 heavy (non-hydrogen) atoms. The highest BCUT2D eigenvalue weighted by Gasteiger charge is 2.35. The Kier molecular flexibility index (Phi) is 5.39. The summed E-state index contributed by atoms with van der Waals surface area (Å²) in [6.07, 6.45) is 0. The van der Waals surface area contributed by atoms with Crippen molar-refractivity contribution in [2.75, 3.05) is 27.4 Å². The fourth-order valence-electron chi connectivity index (χ4n) is 2.71. The molecule has 0 bridgehead atoms. The second-order valence-electron chi connectivity index (χ2n) is 5.43. The van der Waals surface area contributed by atoms with Crippen LogP contribution in [0.15, 0.2) is 35.5 Å². The van der Waals surface area contributed by atoms with Crippen molar-refractivity contribution in [1.29, 1.82) is 0 Å². The number of hydrogen-bond acceptors (Lipinski definition) is 4. The van der Waals surface area contributed by atoms with Gasteiger partial charge in [0.15, 0.2) is 0 Å². The Morgan fingerprint density at radius 1 is 1.30 bits per heavy atom. The molecule has 1 aliphatic rings. The molecular weight excluding hydrogens is 296 g/mol. The maximum Gasteiger partial charge on any atom is 0.337 e. The zero-order valence-corrected chi connectivity index (χ0v) is 13.9. The van der Waals surface area contributed by atoms with Crippen molar-refractivity contribution in [1.82, 2.24) is 10.2 Å². The van der Waals surface area contributed by atoms with Gasteiger partial charge in [-0.1, -0.05) is 29.8 Å². The van der Waals surface area contributed by atoms with Crippen LogP contribution in [0.3, 0.4) is 0 Å². The van der Waals surface area contributed by atoms with E-state index in [1.54, 1.807) is 14.0 Å². The van der Waals surface area contributed by atoms with Gasteiger partial charge in [-0.05, 0) is 19.4 Å². The number of nitrogens with one attached hydrogen (secondary N) is 1. The third kappa shape index (κ3) is 3.53. The first-order valence-corrected chi connectivity index (χ1v) is 7.42. The van der Waals surface area contributed by atoms with Gasteiger partial charge in [0.2, 0.25) is 0 Å². The highest BCUT2D eigenvalue weighted by molar-refractivity contribution is 5.95. The van der Waals surface area contributed by atoms with E-state index in [2.05, 4.69) is 5.32 Å². The molecule has 1 heterocycles. The largest absolute Gasteiger partial charge is 0.466 e. The molecule has 1 atom stereocenters. The molecule has 0 unspecified atom stereocenters. The van der Waals surface area contributed by atoms with Crippen molar-refractivity contribution < 1.29 is 19.1 Å². The highest BCUT2D eigenvalue weighted by Crippen LogP contribution is 2.31. The molecule has 0 fully saturated rings. The molecular formula is C17H22N2O4. The van der Waals surface area contributed by atoms with Crippen LogP contribution in [0, 0.1) is 6.92 Å².